The maximum Gasteiger partial charge on any atom is 0.267 e. The fourth-order valence-corrected chi connectivity index (χ4v) is 2.13. The van der Waals surface area contributed by atoms with E-state index >= 15 is 0 Å². The average molecular weight is 358 g/mol. The molecule has 1 aromatic carbocycles. The predicted molar refractivity (Wildman–Crippen MR) is 76.2 cm³/mol. The van der Waals surface area contributed by atoms with E-state index in [1.165, 1.54) is 23.0 Å². The summed E-state index contributed by atoms with van der Waals surface area (Å²) in [5, 5.41) is 0. The number of aryl methyl sites for hydroxylation is 2. The molecule has 0 unspecified atom stereocenters. The average Bonchev–Trinajstić information content (AvgIpc) is 2.33. The summed E-state index contributed by atoms with van der Waals surface area (Å²) in [5.74, 6) is -0.264. The highest BCUT2D eigenvalue weighted by molar-refractivity contribution is 14.1. The second-order valence-corrected chi connectivity index (χ2v) is 5.23. The first-order valence-corrected chi connectivity index (χ1v) is 6.53. The molecule has 1 aromatic heterocycles. The van der Waals surface area contributed by atoms with Crippen LogP contribution in [0, 0.1) is 23.2 Å². The van der Waals surface area contributed by atoms with Gasteiger partial charge in [-0.05, 0) is 59.7 Å². The summed E-state index contributed by atoms with van der Waals surface area (Å²) >= 11 is 2.00. The standard InChI is InChI=1S/C13H12FIN2O/c1-8-5-11(14)4-3-10(8)6-17-7-16-9(2)12(15)13(17)18/h3-5,7H,6H2,1-2H3. The van der Waals surface area contributed by atoms with E-state index in [4.69, 9.17) is 0 Å². The van der Waals surface area contributed by atoms with Crippen molar-refractivity contribution in [2.75, 3.05) is 0 Å². The Balaban J connectivity index is 2.41. The third-order valence-corrected chi connectivity index (χ3v) is 4.04. The van der Waals surface area contributed by atoms with Gasteiger partial charge < -0.3 is 0 Å². The molecule has 2 rings (SSSR count). The zero-order chi connectivity index (χ0) is 13.3. The molecular weight excluding hydrogens is 346 g/mol. The molecule has 0 aliphatic heterocycles. The van der Waals surface area contributed by atoms with Gasteiger partial charge in [-0.25, -0.2) is 9.37 Å². The van der Waals surface area contributed by atoms with Crippen LogP contribution in [0.3, 0.4) is 0 Å². The lowest BCUT2D eigenvalue weighted by atomic mass is 10.1. The number of rotatable bonds is 2. The Morgan fingerprint density at radius 3 is 2.78 bits per heavy atom. The summed E-state index contributed by atoms with van der Waals surface area (Å²) in [6.45, 7) is 4.04. The smallest absolute Gasteiger partial charge is 0.267 e. The summed E-state index contributed by atoms with van der Waals surface area (Å²) in [5.41, 5.74) is 2.41. The van der Waals surface area contributed by atoms with E-state index in [1.54, 1.807) is 13.0 Å². The van der Waals surface area contributed by atoms with E-state index in [1.807, 2.05) is 29.5 Å². The lowest BCUT2D eigenvalue weighted by Crippen LogP contribution is -2.24. The van der Waals surface area contributed by atoms with Crippen LogP contribution in [0.15, 0.2) is 29.3 Å². The third-order valence-electron chi connectivity index (χ3n) is 2.80. The van der Waals surface area contributed by atoms with Gasteiger partial charge in [0, 0.05) is 0 Å². The molecule has 0 amide bonds. The first-order valence-electron chi connectivity index (χ1n) is 5.45. The maximum atomic E-state index is 13.0. The molecule has 0 fully saturated rings. The van der Waals surface area contributed by atoms with E-state index in [2.05, 4.69) is 4.98 Å². The third kappa shape index (κ3) is 2.60. The van der Waals surface area contributed by atoms with E-state index < -0.39 is 0 Å². The molecule has 0 radical (unpaired) electrons. The van der Waals surface area contributed by atoms with E-state index in [-0.39, 0.29) is 11.4 Å². The fraction of sp³-hybridized carbons (Fsp3) is 0.231. The Labute approximate surface area is 118 Å². The monoisotopic (exact) mass is 358 g/mol. The normalized spacial score (nSPS) is 10.7. The quantitative estimate of drug-likeness (QED) is 0.774. The Morgan fingerprint density at radius 1 is 1.39 bits per heavy atom. The maximum absolute atomic E-state index is 13.0. The van der Waals surface area contributed by atoms with Gasteiger partial charge in [-0.3, -0.25) is 9.36 Å². The van der Waals surface area contributed by atoms with Crippen molar-refractivity contribution in [1.82, 2.24) is 9.55 Å². The SMILES string of the molecule is Cc1cc(F)ccc1Cn1cnc(C)c(I)c1=O. The molecule has 1 heterocycles. The minimum Gasteiger partial charge on any atom is -0.294 e. The molecule has 2 aromatic rings. The molecule has 0 N–H and O–H groups in total. The van der Waals surface area contributed by atoms with Crippen molar-refractivity contribution < 1.29 is 4.39 Å². The van der Waals surface area contributed by atoms with Crippen LogP contribution in [0.5, 0.6) is 0 Å². The van der Waals surface area contributed by atoms with Crippen LogP contribution in [0.4, 0.5) is 4.39 Å². The van der Waals surface area contributed by atoms with Crippen molar-refractivity contribution in [1.29, 1.82) is 0 Å². The lowest BCUT2D eigenvalue weighted by Gasteiger charge is -2.09. The number of benzene rings is 1. The van der Waals surface area contributed by atoms with Gasteiger partial charge in [-0.2, -0.15) is 0 Å². The van der Waals surface area contributed by atoms with Gasteiger partial charge in [0.1, 0.15) is 5.82 Å². The van der Waals surface area contributed by atoms with Crippen LogP contribution >= 0.6 is 22.6 Å². The van der Waals surface area contributed by atoms with E-state index in [9.17, 15) is 9.18 Å². The molecule has 3 nitrogen and oxygen atoms in total. The number of hydrogen-bond acceptors (Lipinski definition) is 2. The topological polar surface area (TPSA) is 34.9 Å². The lowest BCUT2D eigenvalue weighted by molar-refractivity contribution is 0.624. The molecule has 18 heavy (non-hydrogen) atoms. The molecule has 5 heteroatoms. The second-order valence-electron chi connectivity index (χ2n) is 4.15. The molecule has 0 bridgehead atoms. The van der Waals surface area contributed by atoms with Gasteiger partial charge in [0.25, 0.3) is 5.56 Å². The van der Waals surface area contributed by atoms with E-state index in [0.29, 0.717) is 10.1 Å². The number of halogens is 2. The molecule has 0 atom stereocenters. The molecule has 0 aliphatic carbocycles. The summed E-state index contributed by atoms with van der Waals surface area (Å²) in [7, 11) is 0. The minimum atomic E-state index is -0.264. The first-order chi connectivity index (χ1) is 8.49. The van der Waals surface area contributed by atoms with Gasteiger partial charge in [-0.1, -0.05) is 6.07 Å². The number of aromatic nitrogens is 2. The fourth-order valence-electron chi connectivity index (χ4n) is 1.68. The minimum absolute atomic E-state index is 0.0631. The molecule has 0 aliphatic rings. The van der Waals surface area contributed by atoms with Crippen LogP contribution in [0.2, 0.25) is 0 Å². The highest BCUT2D eigenvalue weighted by Crippen LogP contribution is 2.11. The summed E-state index contributed by atoms with van der Waals surface area (Å²) in [6.07, 6.45) is 1.53. The van der Waals surface area contributed by atoms with Crippen LogP contribution in [-0.2, 0) is 6.54 Å². The summed E-state index contributed by atoms with van der Waals surface area (Å²) in [4.78, 5) is 16.2. The van der Waals surface area contributed by atoms with Gasteiger partial charge in [-0.15, -0.1) is 0 Å². The van der Waals surface area contributed by atoms with Crippen molar-refractivity contribution >= 4 is 22.6 Å². The van der Waals surface area contributed by atoms with Crippen molar-refractivity contribution in [3.8, 4) is 0 Å². The molecule has 0 saturated heterocycles. The van der Waals surface area contributed by atoms with Crippen molar-refractivity contribution in [2.45, 2.75) is 20.4 Å². The molecule has 0 spiro atoms. The Bertz CT molecular complexity index is 652. The summed E-state index contributed by atoms with van der Waals surface area (Å²) in [6, 6.07) is 4.57. The van der Waals surface area contributed by atoms with Gasteiger partial charge >= 0.3 is 0 Å². The molecular formula is C13H12FIN2O. The van der Waals surface area contributed by atoms with Crippen molar-refractivity contribution in [3.63, 3.8) is 0 Å². The van der Waals surface area contributed by atoms with Gasteiger partial charge in [0.05, 0.1) is 22.1 Å². The van der Waals surface area contributed by atoms with E-state index in [0.717, 1.165) is 16.8 Å². The number of nitrogens with zero attached hydrogens (tertiary/aromatic N) is 2. The van der Waals surface area contributed by atoms with Crippen LogP contribution in [0.1, 0.15) is 16.8 Å². The number of hydrogen-bond donors (Lipinski definition) is 0. The Hall–Kier alpha value is -1.24. The highest BCUT2D eigenvalue weighted by Gasteiger charge is 2.07. The van der Waals surface area contributed by atoms with Gasteiger partial charge in [0.15, 0.2) is 0 Å². The zero-order valence-corrected chi connectivity index (χ0v) is 12.2. The largest absolute Gasteiger partial charge is 0.294 e. The van der Waals surface area contributed by atoms with Crippen molar-refractivity contribution in [3.05, 3.63) is 61.1 Å². The Kier molecular flexibility index (Phi) is 3.79. The van der Waals surface area contributed by atoms with Crippen LogP contribution < -0.4 is 5.56 Å². The molecule has 94 valence electrons. The second kappa shape index (κ2) is 5.17. The first kappa shape index (κ1) is 13.2. The molecule has 0 saturated carbocycles. The van der Waals surface area contributed by atoms with Crippen LogP contribution in [-0.4, -0.2) is 9.55 Å². The van der Waals surface area contributed by atoms with Crippen molar-refractivity contribution in [2.24, 2.45) is 0 Å². The van der Waals surface area contributed by atoms with Gasteiger partial charge in [0.2, 0.25) is 0 Å². The van der Waals surface area contributed by atoms with Crippen LogP contribution in [0.25, 0.3) is 0 Å². The predicted octanol–water partition coefficient (Wildman–Crippen LogP) is 2.65. The Morgan fingerprint density at radius 2 is 2.11 bits per heavy atom. The zero-order valence-electron chi connectivity index (χ0n) is 10.1. The highest BCUT2D eigenvalue weighted by atomic mass is 127. The summed E-state index contributed by atoms with van der Waals surface area (Å²) < 4.78 is 15.2.